The average Bonchev–Trinajstić information content (AvgIpc) is 2.86. The number of hydrogen-bond acceptors (Lipinski definition) is 4. The predicted octanol–water partition coefficient (Wildman–Crippen LogP) is 4.22. The molecule has 0 radical (unpaired) electrons. The SMILES string of the molecule is CCCNC(=O)c1ccccc1NC(=O)CN(c1ccc(CC)cc1)S(=O)(=O)c1ccccc1. The first-order valence-corrected chi connectivity index (χ1v) is 12.6. The molecule has 0 saturated heterocycles. The molecule has 0 spiro atoms. The summed E-state index contributed by atoms with van der Waals surface area (Å²) in [6.07, 6.45) is 1.59. The second-order valence-corrected chi connectivity index (χ2v) is 9.56. The first-order chi connectivity index (χ1) is 16.4. The minimum Gasteiger partial charge on any atom is -0.352 e. The van der Waals surface area contributed by atoms with Crippen molar-refractivity contribution in [2.45, 2.75) is 31.6 Å². The van der Waals surface area contributed by atoms with Crippen LogP contribution in [0.25, 0.3) is 0 Å². The number of carbonyl (C=O) groups excluding carboxylic acids is 2. The zero-order valence-electron chi connectivity index (χ0n) is 19.3. The molecule has 3 aromatic rings. The highest BCUT2D eigenvalue weighted by atomic mass is 32.2. The highest BCUT2D eigenvalue weighted by molar-refractivity contribution is 7.92. The van der Waals surface area contributed by atoms with Crippen LogP contribution in [-0.2, 0) is 21.2 Å². The Morgan fingerprint density at radius 1 is 0.853 bits per heavy atom. The molecule has 8 heteroatoms. The fourth-order valence-electron chi connectivity index (χ4n) is 3.38. The zero-order valence-corrected chi connectivity index (χ0v) is 20.1. The lowest BCUT2D eigenvalue weighted by atomic mass is 10.1. The highest BCUT2D eigenvalue weighted by Crippen LogP contribution is 2.25. The first-order valence-electron chi connectivity index (χ1n) is 11.2. The number of aryl methyl sites for hydroxylation is 1. The van der Waals surface area contributed by atoms with Crippen LogP contribution < -0.4 is 14.9 Å². The molecule has 0 fully saturated rings. The zero-order chi connectivity index (χ0) is 24.6. The van der Waals surface area contributed by atoms with Crippen molar-refractivity contribution in [3.8, 4) is 0 Å². The second kappa shape index (κ2) is 11.5. The molecule has 0 unspecified atom stereocenters. The molecule has 3 aromatic carbocycles. The quantitative estimate of drug-likeness (QED) is 0.455. The van der Waals surface area contributed by atoms with Crippen molar-refractivity contribution in [1.82, 2.24) is 5.32 Å². The Kier molecular flexibility index (Phi) is 8.43. The van der Waals surface area contributed by atoms with Gasteiger partial charge >= 0.3 is 0 Å². The van der Waals surface area contributed by atoms with Crippen molar-refractivity contribution in [3.05, 3.63) is 90.0 Å². The summed E-state index contributed by atoms with van der Waals surface area (Å²) in [5, 5.41) is 5.50. The summed E-state index contributed by atoms with van der Waals surface area (Å²) in [5.41, 5.74) is 2.07. The smallest absolute Gasteiger partial charge is 0.264 e. The monoisotopic (exact) mass is 479 g/mol. The summed E-state index contributed by atoms with van der Waals surface area (Å²) in [7, 11) is -4.01. The molecule has 3 rings (SSSR count). The molecular formula is C26H29N3O4S. The van der Waals surface area contributed by atoms with Gasteiger partial charge < -0.3 is 10.6 Å². The fraction of sp³-hybridized carbons (Fsp3) is 0.231. The van der Waals surface area contributed by atoms with Gasteiger partial charge in [-0.1, -0.05) is 56.3 Å². The number of anilines is 2. The number of hydrogen-bond donors (Lipinski definition) is 2. The van der Waals surface area contributed by atoms with Gasteiger partial charge in [0.25, 0.3) is 15.9 Å². The molecule has 0 aliphatic rings. The Labute approximate surface area is 200 Å². The maximum atomic E-state index is 13.5. The molecule has 2 amide bonds. The molecule has 0 atom stereocenters. The van der Waals surface area contributed by atoms with Gasteiger partial charge in [-0.15, -0.1) is 0 Å². The third-order valence-corrected chi connectivity index (χ3v) is 7.02. The van der Waals surface area contributed by atoms with Crippen molar-refractivity contribution >= 4 is 33.2 Å². The van der Waals surface area contributed by atoms with Crippen LogP contribution in [0.15, 0.2) is 83.8 Å². The third kappa shape index (κ3) is 6.02. The number of carbonyl (C=O) groups is 2. The van der Waals surface area contributed by atoms with Crippen LogP contribution in [0.4, 0.5) is 11.4 Å². The third-order valence-electron chi connectivity index (χ3n) is 5.23. The van der Waals surface area contributed by atoms with Gasteiger partial charge in [-0.05, 0) is 54.8 Å². The van der Waals surface area contributed by atoms with Crippen LogP contribution in [0.2, 0.25) is 0 Å². The predicted molar refractivity (Wildman–Crippen MR) is 134 cm³/mol. The van der Waals surface area contributed by atoms with Gasteiger partial charge in [0.1, 0.15) is 6.54 Å². The summed E-state index contributed by atoms with van der Waals surface area (Å²) < 4.78 is 28.0. The highest BCUT2D eigenvalue weighted by Gasteiger charge is 2.27. The molecule has 0 heterocycles. The van der Waals surface area contributed by atoms with Gasteiger partial charge in [-0.25, -0.2) is 8.42 Å². The number of para-hydroxylation sites is 1. The van der Waals surface area contributed by atoms with Gasteiger partial charge in [0.05, 0.1) is 21.8 Å². The second-order valence-electron chi connectivity index (χ2n) is 7.69. The Bertz CT molecular complexity index is 1230. The number of sulfonamides is 1. The largest absolute Gasteiger partial charge is 0.352 e. The van der Waals surface area contributed by atoms with Crippen LogP contribution in [0.1, 0.15) is 36.2 Å². The van der Waals surface area contributed by atoms with Crippen molar-refractivity contribution in [1.29, 1.82) is 0 Å². The lowest BCUT2D eigenvalue weighted by Gasteiger charge is -2.24. The van der Waals surface area contributed by atoms with Crippen molar-refractivity contribution in [3.63, 3.8) is 0 Å². The van der Waals surface area contributed by atoms with Crippen LogP contribution in [-0.4, -0.2) is 33.3 Å². The van der Waals surface area contributed by atoms with E-state index < -0.39 is 22.5 Å². The number of nitrogens with zero attached hydrogens (tertiary/aromatic N) is 1. The Morgan fingerprint density at radius 2 is 1.50 bits per heavy atom. The number of benzene rings is 3. The van der Waals surface area contributed by atoms with E-state index in [0.29, 0.717) is 23.5 Å². The van der Waals surface area contributed by atoms with E-state index in [4.69, 9.17) is 0 Å². The number of rotatable bonds is 10. The summed E-state index contributed by atoms with van der Waals surface area (Å²) in [6, 6.07) is 21.7. The molecule has 2 N–H and O–H groups in total. The summed E-state index contributed by atoms with van der Waals surface area (Å²) in [4.78, 5) is 25.6. The molecule has 34 heavy (non-hydrogen) atoms. The Balaban J connectivity index is 1.90. The summed E-state index contributed by atoms with van der Waals surface area (Å²) in [5.74, 6) is -0.864. The molecule has 0 aliphatic heterocycles. The lowest BCUT2D eigenvalue weighted by Crippen LogP contribution is -2.38. The van der Waals surface area contributed by atoms with E-state index >= 15 is 0 Å². The average molecular weight is 480 g/mol. The number of amides is 2. The van der Waals surface area contributed by atoms with E-state index in [1.807, 2.05) is 26.0 Å². The molecule has 7 nitrogen and oxygen atoms in total. The fourth-order valence-corrected chi connectivity index (χ4v) is 4.82. The van der Waals surface area contributed by atoms with Gasteiger partial charge in [0, 0.05) is 6.54 Å². The van der Waals surface area contributed by atoms with Gasteiger partial charge in [0.15, 0.2) is 0 Å². The van der Waals surface area contributed by atoms with Crippen molar-refractivity contribution in [2.24, 2.45) is 0 Å². The van der Waals surface area contributed by atoms with E-state index in [1.165, 1.54) is 12.1 Å². The lowest BCUT2D eigenvalue weighted by molar-refractivity contribution is -0.114. The van der Waals surface area contributed by atoms with Crippen LogP contribution in [0, 0.1) is 0 Å². The normalized spacial score (nSPS) is 11.0. The van der Waals surface area contributed by atoms with Gasteiger partial charge in [-0.2, -0.15) is 0 Å². The molecule has 0 bridgehead atoms. The molecule has 178 valence electrons. The van der Waals surface area contributed by atoms with Crippen molar-refractivity contribution < 1.29 is 18.0 Å². The van der Waals surface area contributed by atoms with Gasteiger partial charge in [0.2, 0.25) is 5.91 Å². The maximum Gasteiger partial charge on any atom is 0.264 e. The van der Waals surface area contributed by atoms with Crippen LogP contribution >= 0.6 is 0 Å². The molecular weight excluding hydrogens is 450 g/mol. The molecule has 0 aromatic heterocycles. The standard InChI is InChI=1S/C26H29N3O4S/c1-3-18-27-26(31)23-12-8-9-13-24(23)28-25(30)19-29(21-16-14-20(4-2)15-17-21)34(32,33)22-10-6-5-7-11-22/h5-17H,3-4,18-19H2,1-2H3,(H,27,31)(H,28,30). The Morgan fingerprint density at radius 3 is 2.15 bits per heavy atom. The maximum absolute atomic E-state index is 13.5. The van der Waals surface area contributed by atoms with Crippen LogP contribution in [0.5, 0.6) is 0 Å². The number of nitrogens with one attached hydrogen (secondary N) is 2. The van der Waals surface area contributed by atoms with E-state index in [9.17, 15) is 18.0 Å². The van der Waals surface area contributed by atoms with Crippen LogP contribution in [0.3, 0.4) is 0 Å². The van der Waals surface area contributed by atoms with Gasteiger partial charge in [-0.3, -0.25) is 13.9 Å². The summed E-state index contributed by atoms with van der Waals surface area (Å²) >= 11 is 0. The minimum atomic E-state index is -4.01. The molecule has 0 aliphatic carbocycles. The van der Waals surface area contributed by atoms with E-state index in [0.717, 1.165) is 22.7 Å². The van der Waals surface area contributed by atoms with E-state index in [1.54, 1.807) is 54.6 Å². The first kappa shape index (κ1) is 25.0. The topological polar surface area (TPSA) is 95.6 Å². The Hall–Kier alpha value is -3.65. The van der Waals surface area contributed by atoms with E-state index in [-0.39, 0.29) is 10.8 Å². The minimum absolute atomic E-state index is 0.0849. The molecule has 0 saturated carbocycles. The van der Waals surface area contributed by atoms with Crippen molar-refractivity contribution in [2.75, 3.05) is 22.7 Å². The summed E-state index contributed by atoms with van der Waals surface area (Å²) in [6.45, 7) is 4.02. The van der Waals surface area contributed by atoms with E-state index in [2.05, 4.69) is 10.6 Å².